The SMILES string of the molecule is CC(O)c1ccc2c(c1)Cc1cc(C(C)O)ccc1-2. The van der Waals surface area contributed by atoms with E-state index in [-0.39, 0.29) is 0 Å². The molecular weight excluding hydrogens is 236 g/mol. The number of aliphatic hydroxyl groups is 2. The summed E-state index contributed by atoms with van der Waals surface area (Å²) in [5.41, 5.74) is 6.94. The Kier molecular flexibility index (Phi) is 2.92. The van der Waals surface area contributed by atoms with Crippen LogP contribution in [-0.2, 0) is 6.42 Å². The number of benzene rings is 2. The normalized spacial score (nSPS) is 15.8. The molecule has 0 aromatic heterocycles. The lowest BCUT2D eigenvalue weighted by Crippen LogP contribution is -1.92. The standard InChI is InChI=1S/C17H18O2/c1-10(18)12-3-5-16-14(7-12)9-15-8-13(11(2)19)4-6-17(15)16/h3-8,10-11,18-19H,9H2,1-2H3. The first-order valence-electron chi connectivity index (χ1n) is 6.68. The van der Waals surface area contributed by atoms with Gasteiger partial charge in [-0.25, -0.2) is 0 Å². The summed E-state index contributed by atoms with van der Waals surface area (Å²) >= 11 is 0. The van der Waals surface area contributed by atoms with E-state index >= 15 is 0 Å². The lowest BCUT2D eigenvalue weighted by atomic mass is 10.0. The van der Waals surface area contributed by atoms with Crippen LogP contribution in [-0.4, -0.2) is 10.2 Å². The van der Waals surface area contributed by atoms with Crippen LogP contribution in [0.3, 0.4) is 0 Å². The highest BCUT2D eigenvalue weighted by Gasteiger charge is 2.20. The van der Waals surface area contributed by atoms with Crippen LogP contribution in [0.4, 0.5) is 0 Å². The van der Waals surface area contributed by atoms with Crippen LogP contribution < -0.4 is 0 Å². The van der Waals surface area contributed by atoms with Gasteiger partial charge in [0.25, 0.3) is 0 Å². The van der Waals surface area contributed by atoms with Crippen molar-refractivity contribution in [3.8, 4) is 11.1 Å². The molecule has 2 aromatic carbocycles. The Morgan fingerprint density at radius 3 is 1.58 bits per heavy atom. The summed E-state index contributed by atoms with van der Waals surface area (Å²) in [4.78, 5) is 0. The van der Waals surface area contributed by atoms with Gasteiger partial charge in [0.2, 0.25) is 0 Å². The van der Waals surface area contributed by atoms with Gasteiger partial charge in [-0.3, -0.25) is 0 Å². The summed E-state index contributed by atoms with van der Waals surface area (Å²) in [7, 11) is 0. The second-order valence-electron chi connectivity index (χ2n) is 5.36. The Morgan fingerprint density at radius 2 is 1.21 bits per heavy atom. The van der Waals surface area contributed by atoms with Gasteiger partial charge >= 0.3 is 0 Å². The molecule has 2 heteroatoms. The second-order valence-corrected chi connectivity index (χ2v) is 5.36. The van der Waals surface area contributed by atoms with E-state index in [1.165, 1.54) is 22.3 Å². The van der Waals surface area contributed by atoms with E-state index in [1.54, 1.807) is 13.8 Å². The van der Waals surface area contributed by atoms with Gasteiger partial charge in [-0.05, 0) is 53.6 Å². The number of rotatable bonds is 2. The Labute approximate surface area is 113 Å². The minimum Gasteiger partial charge on any atom is -0.389 e. The highest BCUT2D eigenvalue weighted by atomic mass is 16.3. The molecule has 1 aliphatic carbocycles. The quantitative estimate of drug-likeness (QED) is 0.736. The maximum atomic E-state index is 9.66. The number of fused-ring (bicyclic) bond motifs is 3. The molecule has 0 saturated heterocycles. The number of hydrogen-bond donors (Lipinski definition) is 2. The summed E-state index contributed by atoms with van der Waals surface area (Å²) in [6.45, 7) is 3.57. The molecule has 2 aromatic rings. The fourth-order valence-corrected chi connectivity index (χ4v) is 2.77. The zero-order valence-electron chi connectivity index (χ0n) is 11.2. The molecule has 0 aliphatic heterocycles. The summed E-state index contributed by atoms with van der Waals surface area (Å²) in [5.74, 6) is 0. The highest BCUT2D eigenvalue weighted by molar-refractivity contribution is 5.77. The fraction of sp³-hybridized carbons (Fsp3) is 0.294. The smallest absolute Gasteiger partial charge is 0.0762 e. The van der Waals surface area contributed by atoms with E-state index in [2.05, 4.69) is 24.3 Å². The van der Waals surface area contributed by atoms with E-state index in [0.29, 0.717) is 0 Å². The van der Waals surface area contributed by atoms with Crippen LogP contribution in [0.15, 0.2) is 36.4 Å². The van der Waals surface area contributed by atoms with E-state index in [0.717, 1.165) is 17.5 Å². The number of aliphatic hydroxyl groups excluding tert-OH is 2. The zero-order chi connectivity index (χ0) is 13.6. The molecule has 0 radical (unpaired) electrons. The molecule has 0 heterocycles. The van der Waals surface area contributed by atoms with Crippen molar-refractivity contribution in [2.75, 3.05) is 0 Å². The lowest BCUT2D eigenvalue weighted by molar-refractivity contribution is 0.199. The van der Waals surface area contributed by atoms with E-state index in [1.807, 2.05) is 12.1 Å². The van der Waals surface area contributed by atoms with Crippen LogP contribution in [0.5, 0.6) is 0 Å². The predicted molar refractivity (Wildman–Crippen MR) is 76.0 cm³/mol. The Bertz CT molecular complexity index is 572. The molecule has 19 heavy (non-hydrogen) atoms. The van der Waals surface area contributed by atoms with Gasteiger partial charge in [-0.2, -0.15) is 0 Å². The monoisotopic (exact) mass is 254 g/mol. The maximum Gasteiger partial charge on any atom is 0.0762 e. The van der Waals surface area contributed by atoms with Crippen molar-refractivity contribution in [1.82, 2.24) is 0 Å². The third-order valence-corrected chi connectivity index (χ3v) is 3.89. The van der Waals surface area contributed by atoms with E-state index in [4.69, 9.17) is 0 Å². The molecule has 1 aliphatic rings. The van der Waals surface area contributed by atoms with Crippen molar-refractivity contribution < 1.29 is 10.2 Å². The number of hydrogen-bond acceptors (Lipinski definition) is 2. The van der Waals surface area contributed by atoms with Crippen LogP contribution in [0, 0.1) is 0 Å². The summed E-state index contributed by atoms with van der Waals surface area (Å²) in [6.07, 6.45) is 0.0234. The van der Waals surface area contributed by atoms with Gasteiger partial charge in [0.15, 0.2) is 0 Å². The van der Waals surface area contributed by atoms with Crippen molar-refractivity contribution in [3.05, 3.63) is 58.7 Å². The van der Waals surface area contributed by atoms with Crippen molar-refractivity contribution in [1.29, 1.82) is 0 Å². The van der Waals surface area contributed by atoms with Crippen LogP contribution in [0.1, 0.15) is 48.3 Å². The zero-order valence-corrected chi connectivity index (χ0v) is 11.2. The largest absolute Gasteiger partial charge is 0.389 e. The molecule has 0 amide bonds. The molecule has 0 fully saturated rings. The topological polar surface area (TPSA) is 40.5 Å². The van der Waals surface area contributed by atoms with Gasteiger partial charge in [0.1, 0.15) is 0 Å². The first-order valence-corrected chi connectivity index (χ1v) is 6.68. The molecule has 0 saturated carbocycles. The average molecular weight is 254 g/mol. The van der Waals surface area contributed by atoms with Crippen molar-refractivity contribution in [3.63, 3.8) is 0 Å². The molecular formula is C17H18O2. The molecule has 2 atom stereocenters. The van der Waals surface area contributed by atoms with Gasteiger partial charge in [-0.15, -0.1) is 0 Å². The maximum absolute atomic E-state index is 9.66. The third-order valence-electron chi connectivity index (χ3n) is 3.89. The molecule has 0 bridgehead atoms. The van der Waals surface area contributed by atoms with E-state index < -0.39 is 12.2 Å². The van der Waals surface area contributed by atoms with Crippen molar-refractivity contribution in [2.45, 2.75) is 32.5 Å². The van der Waals surface area contributed by atoms with Crippen LogP contribution in [0.2, 0.25) is 0 Å². The van der Waals surface area contributed by atoms with Crippen LogP contribution in [0.25, 0.3) is 11.1 Å². The van der Waals surface area contributed by atoms with Crippen molar-refractivity contribution >= 4 is 0 Å². The summed E-state index contributed by atoms with van der Waals surface area (Å²) < 4.78 is 0. The Balaban J connectivity index is 2.05. The fourth-order valence-electron chi connectivity index (χ4n) is 2.77. The first-order chi connectivity index (χ1) is 9.06. The van der Waals surface area contributed by atoms with E-state index in [9.17, 15) is 10.2 Å². The lowest BCUT2D eigenvalue weighted by Gasteiger charge is -2.08. The first kappa shape index (κ1) is 12.4. The highest BCUT2D eigenvalue weighted by Crippen LogP contribution is 2.38. The minimum absolute atomic E-state index is 0.429. The summed E-state index contributed by atoms with van der Waals surface area (Å²) in [5, 5.41) is 19.3. The second kappa shape index (κ2) is 4.48. The molecule has 2 N–H and O–H groups in total. The van der Waals surface area contributed by atoms with Crippen molar-refractivity contribution in [2.24, 2.45) is 0 Å². The third kappa shape index (κ3) is 2.07. The molecule has 2 nitrogen and oxygen atoms in total. The summed E-state index contributed by atoms with van der Waals surface area (Å²) in [6, 6.07) is 12.3. The molecule has 98 valence electrons. The minimum atomic E-state index is -0.429. The molecule has 3 rings (SSSR count). The van der Waals surface area contributed by atoms with Gasteiger partial charge in [0, 0.05) is 0 Å². The van der Waals surface area contributed by atoms with Gasteiger partial charge < -0.3 is 10.2 Å². The molecule has 0 spiro atoms. The van der Waals surface area contributed by atoms with Gasteiger partial charge in [0.05, 0.1) is 12.2 Å². The van der Waals surface area contributed by atoms with Crippen LogP contribution >= 0.6 is 0 Å². The molecule has 2 unspecified atom stereocenters. The van der Waals surface area contributed by atoms with Gasteiger partial charge in [-0.1, -0.05) is 36.4 Å². The Hall–Kier alpha value is -1.64. The predicted octanol–water partition coefficient (Wildman–Crippen LogP) is 3.36. The Morgan fingerprint density at radius 1 is 0.789 bits per heavy atom. The average Bonchev–Trinajstić information content (AvgIpc) is 2.74.